The topological polar surface area (TPSA) is 44.5 Å². The molecule has 1 aliphatic rings. The third kappa shape index (κ3) is 1.98. The Balaban J connectivity index is 2.30. The summed E-state index contributed by atoms with van der Waals surface area (Å²) in [5.74, 6) is -0.637. The first-order valence-electron chi connectivity index (χ1n) is 5.65. The van der Waals surface area contributed by atoms with Gasteiger partial charge in [0.25, 0.3) is 0 Å². The molecule has 1 fully saturated rings. The van der Waals surface area contributed by atoms with Crippen molar-refractivity contribution < 1.29 is 9.47 Å². The molecule has 1 aliphatic heterocycles. The van der Waals surface area contributed by atoms with Gasteiger partial charge in [-0.25, -0.2) is 0 Å². The van der Waals surface area contributed by atoms with E-state index in [0.717, 1.165) is 5.56 Å². The van der Waals surface area contributed by atoms with Crippen molar-refractivity contribution in [2.45, 2.75) is 32.7 Å². The minimum atomic E-state index is -0.637. The zero-order valence-corrected chi connectivity index (χ0v) is 10.1. The van der Waals surface area contributed by atoms with Crippen LogP contribution < -0.4 is 5.73 Å². The highest BCUT2D eigenvalue weighted by molar-refractivity contribution is 5.33. The van der Waals surface area contributed by atoms with E-state index in [2.05, 4.69) is 32.0 Å². The summed E-state index contributed by atoms with van der Waals surface area (Å²) in [7, 11) is 0. The Hall–Kier alpha value is -0.900. The van der Waals surface area contributed by atoms with Crippen LogP contribution in [-0.4, -0.2) is 19.3 Å². The fourth-order valence-electron chi connectivity index (χ4n) is 2.22. The molecule has 0 bridgehead atoms. The molecular formula is C13H19NO2. The predicted octanol–water partition coefficient (Wildman–Crippen LogP) is 1.85. The number of aryl methyl sites for hydroxylation is 2. The van der Waals surface area contributed by atoms with Crippen LogP contribution in [0.3, 0.4) is 0 Å². The molecule has 1 saturated heterocycles. The van der Waals surface area contributed by atoms with Crippen LogP contribution in [0.5, 0.6) is 0 Å². The van der Waals surface area contributed by atoms with E-state index >= 15 is 0 Å². The minimum Gasteiger partial charge on any atom is -0.343 e. The van der Waals surface area contributed by atoms with Gasteiger partial charge in [0.2, 0.25) is 0 Å². The van der Waals surface area contributed by atoms with Crippen LogP contribution >= 0.6 is 0 Å². The van der Waals surface area contributed by atoms with Crippen molar-refractivity contribution in [3.8, 4) is 0 Å². The van der Waals surface area contributed by atoms with Crippen LogP contribution in [0, 0.1) is 13.8 Å². The van der Waals surface area contributed by atoms with Gasteiger partial charge in [0.15, 0.2) is 5.79 Å². The number of rotatable bonds is 2. The molecule has 0 amide bonds. The van der Waals surface area contributed by atoms with Gasteiger partial charge in [-0.15, -0.1) is 0 Å². The lowest BCUT2D eigenvalue weighted by Crippen LogP contribution is -2.28. The van der Waals surface area contributed by atoms with Crippen LogP contribution in [0.25, 0.3) is 0 Å². The van der Waals surface area contributed by atoms with Crippen LogP contribution in [0.2, 0.25) is 0 Å². The normalized spacial score (nSPS) is 29.6. The van der Waals surface area contributed by atoms with E-state index in [1.54, 1.807) is 0 Å². The van der Waals surface area contributed by atoms with Gasteiger partial charge in [-0.05, 0) is 26.3 Å². The molecule has 0 spiro atoms. The molecular weight excluding hydrogens is 202 g/mol. The van der Waals surface area contributed by atoms with E-state index in [-0.39, 0.29) is 6.10 Å². The van der Waals surface area contributed by atoms with E-state index in [1.165, 1.54) is 11.1 Å². The third-order valence-corrected chi connectivity index (χ3v) is 3.07. The fraction of sp³-hybridized carbons (Fsp3) is 0.538. The first kappa shape index (κ1) is 11.6. The largest absolute Gasteiger partial charge is 0.343 e. The Kier molecular flexibility index (Phi) is 3.02. The average molecular weight is 221 g/mol. The second kappa shape index (κ2) is 4.17. The lowest BCUT2D eigenvalue weighted by molar-refractivity contribution is -0.161. The molecule has 2 atom stereocenters. The van der Waals surface area contributed by atoms with Crippen LogP contribution in [0.1, 0.15) is 23.6 Å². The maximum atomic E-state index is 5.86. The quantitative estimate of drug-likeness (QED) is 0.829. The Morgan fingerprint density at radius 3 is 2.75 bits per heavy atom. The fourth-order valence-corrected chi connectivity index (χ4v) is 2.22. The van der Waals surface area contributed by atoms with Gasteiger partial charge in [0.05, 0.1) is 12.7 Å². The van der Waals surface area contributed by atoms with E-state index < -0.39 is 5.79 Å². The summed E-state index contributed by atoms with van der Waals surface area (Å²) in [6.45, 7) is 7.19. The van der Waals surface area contributed by atoms with Crippen molar-refractivity contribution in [2.75, 3.05) is 13.2 Å². The molecule has 0 aliphatic carbocycles. The molecule has 1 aromatic carbocycles. The Labute approximate surface area is 96.5 Å². The number of ether oxygens (including phenoxy) is 2. The SMILES string of the molecule is Cc1ccc(C2(C)OCC(CN)O2)c(C)c1. The highest BCUT2D eigenvalue weighted by Gasteiger charge is 2.39. The van der Waals surface area contributed by atoms with Gasteiger partial charge < -0.3 is 15.2 Å². The molecule has 16 heavy (non-hydrogen) atoms. The van der Waals surface area contributed by atoms with Crippen molar-refractivity contribution in [1.82, 2.24) is 0 Å². The third-order valence-electron chi connectivity index (χ3n) is 3.07. The van der Waals surface area contributed by atoms with Crippen LogP contribution in [0.4, 0.5) is 0 Å². The van der Waals surface area contributed by atoms with Crippen molar-refractivity contribution in [1.29, 1.82) is 0 Å². The van der Waals surface area contributed by atoms with Gasteiger partial charge >= 0.3 is 0 Å². The Morgan fingerprint density at radius 2 is 2.19 bits per heavy atom. The molecule has 3 heteroatoms. The van der Waals surface area contributed by atoms with E-state index in [1.807, 2.05) is 6.92 Å². The second-order valence-electron chi connectivity index (χ2n) is 4.55. The summed E-state index contributed by atoms with van der Waals surface area (Å²) in [6, 6.07) is 6.29. The zero-order chi connectivity index (χ0) is 11.8. The second-order valence-corrected chi connectivity index (χ2v) is 4.55. The minimum absolute atomic E-state index is 0.00528. The summed E-state index contributed by atoms with van der Waals surface area (Å²) in [4.78, 5) is 0. The van der Waals surface area contributed by atoms with E-state index in [0.29, 0.717) is 13.2 Å². The molecule has 1 heterocycles. The Morgan fingerprint density at radius 1 is 1.44 bits per heavy atom. The lowest BCUT2D eigenvalue weighted by atomic mass is 9.99. The summed E-state index contributed by atoms with van der Waals surface area (Å²) >= 11 is 0. The summed E-state index contributed by atoms with van der Waals surface area (Å²) in [5, 5.41) is 0. The molecule has 0 saturated carbocycles. The van der Waals surface area contributed by atoms with Crippen molar-refractivity contribution in [3.63, 3.8) is 0 Å². The summed E-state index contributed by atoms with van der Waals surface area (Å²) in [6.07, 6.45) is 0.00528. The monoisotopic (exact) mass is 221 g/mol. The molecule has 88 valence electrons. The van der Waals surface area contributed by atoms with Crippen LogP contribution in [0.15, 0.2) is 18.2 Å². The van der Waals surface area contributed by atoms with Crippen LogP contribution in [-0.2, 0) is 15.3 Å². The van der Waals surface area contributed by atoms with Gasteiger partial charge in [-0.2, -0.15) is 0 Å². The van der Waals surface area contributed by atoms with Gasteiger partial charge in [0, 0.05) is 12.1 Å². The first-order chi connectivity index (χ1) is 7.55. The molecule has 2 unspecified atom stereocenters. The van der Waals surface area contributed by atoms with Crippen molar-refractivity contribution in [2.24, 2.45) is 5.73 Å². The maximum absolute atomic E-state index is 5.86. The average Bonchev–Trinajstić information content (AvgIpc) is 2.61. The highest BCUT2D eigenvalue weighted by atomic mass is 16.7. The van der Waals surface area contributed by atoms with Gasteiger partial charge in [-0.3, -0.25) is 0 Å². The Bertz CT molecular complexity index is 392. The summed E-state index contributed by atoms with van der Waals surface area (Å²) < 4.78 is 11.6. The number of hydrogen-bond donors (Lipinski definition) is 1. The van der Waals surface area contributed by atoms with Crippen molar-refractivity contribution >= 4 is 0 Å². The molecule has 3 nitrogen and oxygen atoms in total. The lowest BCUT2D eigenvalue weighted by Gasteiger charge is -2.25. The summed E-state index contributed by atoms with van der Waals surface area (Å²) in [5.41, 5.74) is 9.12. The molecule has 0 radical (unpaired) electrons. The maximum Gasteiger partial charge on any atom is 0.192 e. The predicted molar refractivity (Wildman–Crippen MR) is 63.1 cm³/mol. The van der Waals surface area contributed by atoms with E-state index in [9.17, 15) is 0 Å². The first-order valence-corrected chi connectivity index (χ1v) is 5.65. The highest BCUT2D eigenvalue weighted by Crippen LogP contribution is 2.35. The van der Waals surface area contributed by atoms with Crippen molar-refractivity contribution in [3.05, 3.63) is 34.9 Å². The van der Waals surface area contributed by atoms with Gasteiger partial charge in [-0.1, -0.05) is 23.8 Å². The van der Waals surface area contributed by atoms with E-state index in [4.69, 9.17) is 15.2 Å². The molecule has 1 aromatic rings. The zero-order valence-electron chi connectivity index (χ0n) is 10.1. The molecule has 2 rings (SSSR count). The number of hydrogen-bond acceptors (Lipinski definition) is 3. The molecule has 0 aromatic heterocycles. The molecule has 2 N–H and O–H groups in total. The standard InChI is InChI=1S/C13H19NO2/c1-9-4-5-12(10(2)6-9)13(3)15-8-11(7-14)16-13/h4-6,11H,7-8,14H2,1-3H3. The van der Waals surface area contributed by atoms with Gasteiger partial charge in [0.1, 0.15) is 0 Å². The number of benzene rings is 1. The smallest absolute Gasteiger partial charge is 0.192 e. The number of nitrogens with two attached hydrogens (primary N) is 1.